The molecule has 1 rings (SSSR count). The van der Waals surface area contributed by atoms with Gasteiger partial charge in [0.15, 0.2) is 8.32 Å². The summed E-state index contributed by atoms with van der Waals surface area (Å²) < 4.78 is 60.6. The van der Waals surface area contributed by atoms with Crippen molar-refractivity contribution in [1.29, 1.82) is 0 Å². The van der Waals surface area contributed by atoms with Crippen LogP contribution < -0.4 is 4.72 Å². The standard InChI is InChI=1S/C19H32F3NO2SSi/c1-17(2,3)26(24)23-16(13-25-27(7,8)18(4,5)6)14-10-9-11-15(12-14)19(20,21)22/h9-12,16,23H,13H2,1-8H3/t16-,26-/m1/s1. The molecule has 0 bridgehead atoms. The van der Waals surface area contributed by atoms with Gasteiger partial charge in [-0.2, -0.15) is 13.2 Å². The van der Waals surface area contributed by atoms with Gasteiger partial charge < -0.3 is 4.43 Å². The Kier molecular flexibility index (Phi) is 7.52. The van der Waals surface area contributed by atoms with Crippen LogP contribution in [0, 0.1) is 0 Å². The molecular weight excluding hydrogens is 391 g/mol. The monoisotopic (exact) mass is 423 g/mol. The second-order valence-corrected chi connectivity index (χ2v) is 16.1. The Bertz CT molecular complexity index is 664. The van der Waals surface area contributed by atoms with Crippen molar-refractivity contribution in [2.45, 2.75) is 76.6 Å². The summed E-state index contributed by atoms with van der Waals surface area (Å²) in [5, 5.41) is -0.0332. The summed E-state index contributed by atoms with van der Waals surface area (Å²) in [6, 6.07) is 4.53. The number of alkyl halides is 3. The van der Waals surface area contributed by atoms with Gasteiger partial charge in [0.1, 0.15) is 0 Å². The Balaban J connectivity index is 3.18. The smallest absolute Gasteiger partial charge is 0.415 e. The molecule has 1 aromatic rings. The number of rotatable bonds is 6. The molecule has 2 atom stereocenters. The van der Waals surface area contributed by atoms with Crippen molar-refractivity contribution >= 4 is 19.3 Å². The van der Waals surface area contributed by atoms with Gasteiger partial charge in [-0.1, -0.05) is 32.9 Å². The van der Waals surface area contributed by atoms with Gasteiger partial charge in [0, 0.05) is 0 Å². The summed E-state index contributed by atoms with van der Waals surface area (Å²) in [7, 11) is -3.55. The zero-order chi connectivity index (χ0) is 21.3. The molecule has 0 saturated carbocycles. The maximum atomic E-state index is 13.1. The predicted molar refractivity (Wildman–Crippen MR) is 108 cm³/mol. The van der Waals surface area contributed by atoms with Crippen molar-refractivity contribution in [3.63, 3.8) is 0 Å². The third-order valence-electron chi connectivity index (χ3n) is 4.84. The first-order chi connectivity index (χ1) is 11.9. The van der Waals surface area contributed by atoms with E-state index in [0.717, 1.165) is 12.1 Å². The third-order valence-corrected chi connectivity index (χ3v) is 11.0. The van der Waals surface area contributed by atoms with Crippen molar-refractivity contribution < 1.29 is 21.8 Å². The van der Waals surface area contributed by atoms with E-state index in [1.54, 1.807) is 6.07 Å². The molecule has 1 aromatic carbocycles. The van der Waals surface area contributed by atoms with E-state index in [-0.39, 0.29) is 11.6 Å². The summed E-state index contributed by atoms with van der Waals surface area (Å²) in [4.78, 5) is 0. The molecule has 3 nitrogen and oxygen atoms in total. The summed E-state index contributed by atoms with van der Waals surface area (Å²) >= 11 is 0. The van der Waals surface area contributed by atoms with Gasteiger partial charge in [0.25, 0.3) is 0 Å². The van der Waals surface area contributed by atoms with Gasteiger partial charge in [-0.25, -0.2) is 8.93 Å². The lowest BCUT2D eigenvalue weighted by molar-refractivity contribution is -0.137. The van der Waals surface area contributed by atoms with E-state index < -0.39 is 41.8 Å². The minimum atomic E-state index is -4.43. The number of halogens is 3. The highest BCUT2D eigenvalue weighted by Gasteiger charge is 2.38. The van der Waals surface area contributed by atoms with E-state index in [4.69, 9.17) is 4.43 Å². The quantitative estimate of drug-likeness (QED) is 0.586. The van der Waals surface area contributed by atoms with E-state index in [9.17, 15) is 17.4 Å². The number of hydrogen-bond acceptors (Lipinski definition) is 2. The van der Waals surface area contributed by atoms with Crippen LogP contribution in [0.4, 0.5) is 13.2 Å². The second-order valence-electron chi connectivity index (χ2n) is 9.25. The fourth-order valence-electron chi connectivity index (χ4n) is 1.94. The van der Waals surface area contributed by atoms with Crippen LogP contribution in [0.1, 0.15) is 58.7 Å². The maximum absolute atomic E-state index is 13.1. The molecule has 0 aliphatic heterocycles. The van der Waals surface area contributed by atoms with E-state index in [1.807, 2.05) is 20.8 Å². The largest absolute Gasteiger partial charge is 0.416 e. The van der Waals surface area contributed by atoms with Crippen molar-refractivity contribution in [2.75, 3.05) is 6.61 Å². The molecule has 8 heteroatoms. The highest BCUT2D eigenvalue weighted by Crippen LogP contribution is 2.37. The molecule has 0 aromatic heterocycles. The third kappa shape index (κ3) is 7.00. The van der Waals surface area contributed by atoms with Crippen molar-refractivity contribution in [1.82, 2.24) is 4.72 Å². The molecule has 0 fully saturated rings. The highest BCUT2D eigenvalue weighted by atomic mass is 32.2. The van der Waals surface area contributed by atoms with Crippen molar-refractivity contribution in [2.24, 2.45) is 0 Å². The molecule has 0 unspecified atom stereocenters. The van der Waals surface area contributed by atoms with Gasteiger partial charge >= 0.3 is 6.18 Å². The van der Waals surface area contributed by atoms with Crippen LogP contribution in [0.5, 0.6) is 0 Å². The number of nitrogens with one attached hydrogen (secondary N) is 1. The molecule has 27 heavy (non-hydrogen) atoms. The molecule has 0 aliphatic carbocycles. The lowest BCUT2D eigenvalue weighted by Crippen LogP contribution is -2.44. The lowest BCUT2D eigenvalue weighted by atomic mass is 10.1. The molecule has 0 amide bonds. The van der Waals surface area contributed by atoms with E-state index in [0.29, 0.717) is 5.56 Å². The van der Waals surface area contributed by atoms with E-state index >= 15 is 0 Å². The predicted octanol–water partition coefficient (Wildman–Crippen LogP) is 5.82. The van der Waals surface area contributed by atoms with Gasteiger partial charge in [-0.05, 0) is 56.6 Å². The molecular formula is C19H32F3NO2SSi. The molecule has 0 radical (unpaired) electrons. The van der Waals surface area contributed by atoms with Crippen LogP contribution in [0.25, 0.3) is 0 Å². The molecule has 0 saturated heterocycles. The minimum absolute atomic E-state index is 0.0332. The average molecular weight is 424 g/mol. The van der Waals surface area contributed by atoms with Crippen molar-refractivity contribution in [3.8, 4) is 0 Å². The minimum Gasteiger partial charge on any atom is -0.415 e. The molecule has 156 valence electrons. The highest BCUT2D eigenvalue weighted by molar-refractivity contribution is 7.84. The summed E-state index contributed by atoms with van der Waals surface area (Å²) in [5.74, 6) is 0. The normalized spacial score (nSPS) is 16.3. The lowest BCUT2D eigenvalue weighted by Gasteiger charge is -2.37. The molecule has 0 spiro atoms. The SMILES string of the molecule is CC(C)(C)[S@@](=O)N[C@H](CO[Si](C)(C)C(C)(C)C)c1cccc(C(F)(F)F)c1. The van der Waals surface area contributed by atoms with Crippen LogP contribution in [0.2, 0.25) is 18.1 Å². The number of benzene rings is 1. The zero-order valence-electron chi connectivity index (χ0n) is 17.5. The topological polar surface area (TPSA) is 38.3 Å². The Morgan fingerprint density at radius 2 is 1.67 bits per heavy atom. The molecule has 1 N–H and O–H groups in total. The zero-order valence-corrected chi connectivity index (χ0v) is 19.3. The van der Waals surface area contributed by atoms with Gasteiger partial charge in [-0.15, -0.1) is 0 Å². The van der Waals surface area contributed by atoms with Crippen LogP contribution in [0.15, 0.2) is 24.3 Å². The number of hydrogen-bond donors (Lipinski definition) is 1. The Hall–Kier alpha value is -0.703. The Morgan fingerprint density at radius 1 is 1.11 bits per heavy atom. The van der Waals surface area contributed by atoms with Crippen LogP contribution in [-0.4, -0.2) is 23.9 Å². The van der Waals surface area contributed by atoms with Crippen LogP contribution >= 0.6 is 0 Å². The van der Waals surface area contributed by atoms with Crippen LogP contribution in [0.3, 0.4) is 0 Å². The first-order valence-corrected chi connectivity index (χ1v) is 13.0. The van der Waals surface area contributed by atoms with Crippen LogP contribution in [-0.2, 0) is 21.6 Å². The maximum Gasteiger partial charge on any atom is 0.416 e. The molecule has 0 heterocycles. The summed E-state index contributed by atoms with van der Waals surface area (Å²) in [6.07, 6.45) is -4.43. The first kappa shape index (κ1) is 24.3. The summed E-state index contributed by atoms with van der Waals surface area (Å²) in [5.41, 5.74) is -0.304. The molecule has 0 aliphatic rings. The Morgan fingerprint density at radius 3 is 2.11 bits per heavy atom. The fourth-order valence-corrected chi connectivity index (χ4v) is 3.78. The second kappa shape index (κ2) is 8.35. The van der Waals surface area contributed by atoms with Gasteiger partial charge in [-0.3, -0.25) is 0 Å². The van der Waals surface area contributed by atoms with Gasteiger partial charge in [0.2, 0.25) is 0 Å². The summed E-state index contributed by atoms with van der Waals surface area (Å²) in [6.45, 7) is 16.1. The average Bonchev–Trinajstić information content (AvgIpc) is 2.48. The van der Waals surface area contributed by atoms with Crippen molar-refractivity contribution in [3.05, 3.63) is 35.4 Å². The Labute approximate surface area is 164 Å². The van der Waals surface area contributed by atoms with E-state index in [2.05, 4.69) is 38.6 Å². The van der Waals surface area contributed by atoms with E-state index in [1.165, 1.54) is 6.07 Å². The fraction of sp³-hybridized carbons (Fsp3) is 0.684. The first-order valence-electron chi connectivity index (χ1n) is 8.94. The van der Waals surface area contributed by atoms with Gasteiger partial charge in [0.05, 0.1) is 33.9 Å².